The van der Waals surface area contributed by atoms with E-state index in [2.05, 4.69) is 35.1 Å². The Morgan fingerprint density at radius 1 is 1.10 bits per heavy atom. The Balaban J connectivity index is 1.42. The van der Waals surface area contributed by atoms with Crippen LogP contribution in [0.4, 0.5) is 11.5 Å². The molecule has 1 aliphatic heterocycles. The molecule has 1 saturated heterocycles. The zero-order valence-electron chi connectivity index (χ0n) is 16.0. The predicted molar refractivity (Wildman–Crippen MR) is 110 cm³/mol. The van der Waals surface area contributed by atoms with Crippen LogP contribution in [0.2, 0.25) is 0 Å². The average molecular weight is 405 g/mol. The van der Waals surface area contributed by atoms with Crippen molar-refractivity contribution in [2.24, 2.45) is 0 Å². The lowest BCUT2D eigenvalue weighted by molar-refractivity contribution is 0.243. The molecule has 8 nitrogen and oxygen atoms in total. The van der Waals surface area contributed by atoms with E-state index in [0.717, 1.165) is 48.0 Å². The third-order valence-corrected chi connectivity index (χ3v) is 5.35. The van der Waals surface area contributed by atoms with Crippen molar-refractivity contribution in [3.8, 4) is 6.07 Å². The first-order valence-corrected chi connectivity index (χ1v) is 10.5. The van der Waals surface area contributed by atoms with Gasteiger partial charge in [0.2, 0.25) is 0 Å². The van der Waals surface area contributed by atoms with Gasteiger partial charge in [-0.1, -0.05) is 11.8 Å². The Morgan fingerprint density at radius 2 is 1.97 bits per heavy atom. The molecule has 3 aromatic heterocycles. The van der Waals surface area contributed by atoms with E-state index in [0.29, 0.717) is 11.5 Å². The van der Waals surface area contributed by atoms with E-state index in [4.69, 9.17) is 5.26 Å². The third kappa shape index (κ3) is 4.67. The molecular formula is C20H20N8S. The van der Waals surface area contributed by atoms with Crippen LogP contribution in [0.15, 0.2) is 48.3 Å². The number of hydrogen-bond acceptors (Lipinski definition) is 9. The molecule has 0 aromatic carbocycles. The summed E-state index contributed by atoms with van der Waals surface area (Å²) < 4.78 is 0. The number of thioether (sulfide) groups is 1. The smallest absolute Gasteiger partial charge is 0.187 e. The fraction of sp³-hybridized carbons (Fsp3) is 0.300. The highest BCUT2D eigenvalue weighted by Gasteiger charge is 2.27. The number of nitrogens with zero attached hydrogens (tertiary/aromatic N) is 7. The van der Waals surface area contributed by atoms with Gasteiger partial charge in [-0.2, -0.15) is 5.26 Å². The quantitative estimate of drug-likeness (QED) is 0.489. The minimum Gasteiger partial charge on any atom is -0.338 e. The van der Waals surface area contributed by atoms with Gasteiger partial charge in [0, 0.05) is 24.5 Å². The molecule has 0 bridgehead atoms. The largest absolute Gasteiger partial charge is 0.338 e. The van der Waals surface area contributed by atoms with Gasteiger partial charge in [0.1, 0.15) is 17.6 Å². The minimum atomic E-state index is 0.244. The van der Waals surface area contributed by atoms with Gasteiger partial charge >= 0.3 is 0 Å². The van der Waals surface area contributed by atoms with Crippen LogP contribution >= 0.6 is 11.8 Å². The maximum atomic E-state index is 8.82. The number of aromatic nitrogens is 5. The van der Waals surface area contributed by atoms with Crippen LogP contribution in [0.25, 0.3) is 0 Å². The van der Waals surface area contributed by atoms with Gasteiger partial charge in [0.25, 0.3) is 0 Å². The summed E-state index contributed by atoms with van der Waals surface area (Å²) >= 11 is 1.54. The number of anilines is 2. The third-order valence-electron chi connectivity index (χ3n) is 4.78. The Morgan fingerprint density at radius 3 is 2.62 bits per heavy atom. The Kier molecular flexibility index (Phi) is 5.93. The van der Waals surface area contributed by atoms with Gasteiger partial charge in [-0.3, -0.25) is 9.88 Å². The number of nitrogens with one attached hydrogen (secondary N) is 1. The zero-order valence-corrected chi connectivity index (χ0v) is 16.8. The molecule has 29 heavy (non-hydrogen) atoms. The molecule has 146 valence electrons. The number of nitriles is 1. The molecule has 0 spiro atoms. The topological polar surface area (TPSA) is 104 Å². The first kappa shape index (κ1) is 19.2. The molecule has 9 heteroatoms. The van der Waals surface area contributed by atoms with E-state index in [1.807, 2.05) is 30.9 Å². The number of hydrogen-bond donors (Lipinski definition) is 1. The summed E-state index contributed by atoms with van der Waals surface area (Å²) in [5.74, 6) is 0.644. The molecule has 0 radical (unpaired) electrons. The molecule has 4 heterocycles. The monoisotopic (exact) mass is 404 g/mol. The van der Waals surface area contributed by atoms with Crippen LogP contribution in [-0.2, 0) is 6.54 Å². The average Bonchev–Trinajstić information content (AvgIpc) is 3.23. The van der Waals surface area contributed by atoms with Crippen LogP contribution in [0, 0.1) is 11.3 Å². The fourth-order valence-electron chi connectivity index (χ4n) is 3.37. The molecule has 1 atom stereocenters. The molecule has 0 saturated carbocycles. The molecular weight excluding hydrogens is 384 g/mol. The van der Waals surface area contributed by atoms with Crippen LogP contribution in [0.3, 0.4) is 0 Å². The summed E-state index contributed by atoms with van der Waals surface area (Å²) in [6.07, 6.45) is 13.1. The number of rotatable bonds is 6. The molecule has 3 aromatic rings. The first-order valence-electron chi connectivity index (χ1n) is 9.29. The van der Waals surface area contributed by atoms with Gasteiger partial charge in [0.05, 0.1) is 36.0 Å². The van der Waals surface area contributed by atoms with Crippen molar-refractivity contribution < 1.29 is 0 Å². The lowest BCUT2D eigenvalue weighted by Gasteiger charge is -2.23. The number of pyridine rings is 1. The zero-order chi connectivity index (χ0) is 20.1. The van der Waals surface area contributed by atoms with E-state index in [1.165, 1.54) is 0 Å². The summed E-state index contributed by atoms with van der Waals surface area (Å²) in [5, 5.41) is 12.8. The lowest BCUT2D eigenvalue weighted by Crippen LogP contribution is -2.23. The van der Waals surface area contributed by atoms with Crippen molar-refractivity contribution in [2.75, 3.05) is 18.1 Å². The maximum absolute atomic E-state index is 8.82. The van der Waals surface area contributed by atoms with Gasteiger partial charge in [-0.25, -0.2) is 19.9 Å². The summed E-state index contributed by atoms with van der Waals surface area (Å²) in [6, 6.07) is 5.71. The highest BCUT2D eigenvalue weighted by Crippen LogP contribution is 2.32. The van der Waals surface area contributed by atoms with Gasteiger partial charge in [-0.05, 0) is 37.8 Å². The molecule has 0 unspecified atom stereocenters. The van der Waals surface area contributed by atoms with Crippen molar-refractivity contribution in [1.29, 1.82) is 5.26 Å². The SMILES string of the molecule is CSc1ncc(CN2CCC[C@@H]2c2cnc(Nc3ccc(C#N)nc3)cn2)cn1. The van der Waals surface area contributed by atoms with Crippen molar-refractivity contribution in [2.45, 2.75) is 30.6 Å². The first-order chi connectivity index (χ1) is 14.2. The molecule has 1 N–H and O–H groups in total. The van der Waals surface area contributed by atoms with E-state index in [1.54, 1.807) is 36.3 Å². The highest BCUT2D eigenvalue weighted by molar-refractivity contribution is 7.98. The second kappa shape index (κ2) is 8.94. The Labute approximate surface area is 173 Å². The van der Waals surface area contributed by atoms with Crippen LogP contribution in [-0.4, -0.2) is 42.6 Å². The summed E-state index contributed by atoms with van der Waals surface area (Å²) in [6.45, 7) is 1.82. The predicted octanol–water partition coefficient (Wildman–Crippen LogP) is 3.34. The highest BCUT2D eigenvalue weighted by atomic mass is 32.2. The Bertz CT molecular complexity index is 983. The van der Waals surface area contributed by atoms with Gasteiger partial charge in [-0.15, -0.1) is 0 Å². The molecule has 1 fully saturated rings. The van der Waals surface area contributed by atoms with Crippen molar-refractivity contribution >= 4 is 23.3 Å². The van der Waals surface area contributed by atoms with Crippen LogP contribution in [0.5, 0.6) is 0 Å². The maximum Gasteiger partial charge on any atom is 0.187 e. The molecule has 0 aliphatic carbocycles. The lowest BCUT2D eigenvalue weighted by atomic mass is 10.1. The fourth-order valence-corrected chi connectivity index (χ4v) is 3.69. The minimum absolute atomic E-state index is 0.244. The van der Waals surface area contributed by atoms with E-state index < -0.39 is 0 Å². The Hall–Kier alpha value is -3.09. The van der Waals surface area contributed by atoms with Crippen molar-refractivity contribution in [1.82, 2.24) is 29.8 Å². The van der Waals surface area contributed by atoms with E-state index >= 15 is 0 Å². The second-order valence-electron chi connectivity index (χ2n) is 6.70. The number of likely N-dealkylation sites (tertiary alicyclic amines) is 1. The van der Waals surface area contributed by atoms with E-state index in [9.17, 15) is 0 Å². The van der Waals surface area contributed by atoms with Crippen LogP contribution < -0.4 is 5.32 Å². The normalized spacial score (nSPS) is 16.5. The van der Waals surface area contributed by atoms with Gasteiger partial charge in [0.15, 0.2) is 5.16 Å². The summed E-state index contributed by atoms with van der Waals surface area (Å²) in [5.41, 5.74) is 3.22. The summed E-state index contributed by atoms with van der Waals surface area (Å²) in [4.78, 5) is 24.3. The second-order valence-corrected chi connectivity index (χ2v) is 7.48. The van der Waals surface area contributed by atoms with Crippen LogP contribution in [0.1, 0.15) is 35.8 Å². The molecule has 1 aliphatic rings. The van der Waals surface area contributed by atoms with E-state index in [-0.39, 0.29) is 6.04 Å². The molecule has 0 amide bonds. The van der Waals surface area contributed by atoms with Crippen molar-refractivity contribution in [3.63, 3.8) is 0 Å². The van der Waals surface area contributed by atoms with Crippen molar-refractivity contribution in [3.05, 3.63) is 60.1 Å². The summed E-state index contributed by atoms with van der Waals surface area (Å²) in [7, 11) is 0. The molecule has 4 rings (SSSR count). The van der Waals surface area contributed by atoms with Gasteiger partial charge < -0.3 is 5.32 Å². The standard InChI is InChI=1S/C20H20N8S/c1-29-20-25-8-14(9-26-20)13-28-6-2-3-18(28)17-11-24-19(12-23-17)27-16-5-4-15(7-21)22-10-16/h4-5,8-12,18H,2-3,6,13H2,1H3,(H,24,27)/t18-/m1/s1.